The van der Waals surface area contributed by atoms with Crippen LogP contribution in [0.5, 0.6) is 11.5 Å². The molecule has 1 aromatic carbocycles. The first-order valence-electron chi connectivity index (χ1n) is 7.58. The molecule has 1 aliphatic heterocycles. The molecule has 3 rings (SSSR count). The Kier molecular flexibility index (Phi) is 5.19. The number of nitrogens with two attached hydrogens (primary N) is 1. The van der Waals surface area contributed by atoms with E-state index in [1.807, 2.05) is 25.1 Å². The Morgan fingerprint density at radius 3 is 2.55 bits per heavy atom. The third-order valence-electron chi connectivity index (χ3n) is 4.36. The molecule has 1 aromatic rings. The Morgan fingerprint density at radius 2 is 1.86 bits per heavy atom. The molecule has 0 aromatic heterocycles. The van der Waals surface area contributed by atoms with Crippen molar-refractivity contribution < 1.29 is 14.3 Å². The largest absolute Gasteiger partial charge is 0.486 e. The Labute approximate surface area is 137 Å². The van der Waals surface area contributed by atoms with Crippen molar-refractivity contribution in [2.24, 2.45) is 5.73 Å². The Hall–Kier alpha value is -1.46. The number of amides is 1. The number of hydrogen-bond donors (Lipinski definition) is 2. The molecule has 1 saturated carbocycles. The number of nitrogens with one attached hydrogen (secondary N) is 1. The second-order valence-corrected chi connectivity index (χ2v) is 5.96. The van der Waals surface area contributed by atoms with Gasteiger partial charge in [-0.3, -0.25) is 4.79 Å². The maximum absolute atomic E-state index is 12.3. The fourth-order valence-corrected chi connectivity index (χ4v) is 2.99. The first-order valence-corrected chi connectivity index (χ1v) is 7.58. The molecule has 1 unspecified atom stereocenters. The fourth-order valence-electron chi connectivity index (χ4n) is 2.99. The number of fused-ring (bicyclic) bond motifs is 1. The smallest absolute Gasteiger partial charge is 0.240 e. The summed E-state index contributed by atoms with van der Waals surface area (Å²) in [6.07, 6.45) is 3.60. The van der Waals surface area contributed by atoms with Gasteiger partial charge in [0.2, 0.25) is 5.91 Å². The van der Waals surface area contributed by atoms with E-state index < -0.39 is 5.54 Å². The van der Waals surface area contributed by atoms with E-state index in [1.165, 1.54) is 0 Å². The van der Waals surface area contributed by atoms with Crippen LogP contribution in [-0.4, -0.2) is 24.7 Å². The van der Waals surface area contributed by atoms with Gasteiger partial charge in [0, 0.05) is 0 Å². The average molecular weight is 327 g/mol. The summed E-state index contributed by atoms with van der Waals surface area (Å²) in [7, 11) is 0. The van der Waals surface area contributed by atoms with E-state index in [4.69, 9.17) is 15.2 Å². The molecule has 0 spiro atoms. The summed E-state index contributed by atoms with van der Waals surface area (Å²) in [5.74, 6) is 1.44. The molecule has 5 nitrogen and oxygen atoms in total. The molecule has 1 amide bonds. The van der Waals surface area contributed by atoms with Gasteiger partial charge in [-0.2, -0.15) is 0 Å². The molecule has 2 aliphatic rings. The van der Waals surface area contributed by atoms with Crippen molar-refractivity contribution >= 4 is 18.3 Å². The first-order chi connectivity index (χ1) is 10.1. The molecular weight excluding hydrogens is 304 g/mol. The van der Waals surface area contributed by atoms with E-state index in [0.29, 0.717) is 13.2 Å². The van der Waals surface area contributed by atoms with E-state index >= 15 is 0 Å². The third-order valence-corrected chi connectivity index (χ3v) is 4.36. The summed E-state index contributed by atoms with van der Waals surface area (Å²) in [5.41, 5.74) is 6.49. The highest BCUT2D eigenvalue weighted by molar-refractivity contribution is 5.86. The van der Waals surface area contributed by atoms with Crippen LogP contribution in [0.15, 0.2) is 18.2 Å². The molecule has 6 heteroatoms. The number of ether oxygens (including phenoxy) is 2. The summed E-state index contributed by atoms with van der Waals surface area (Å²) in [4.78, 5) is 12.3. The van der Waals surface area contributed by atoms with Gasteiger partial charge < -0.3 is 20.5 Å². The second-order valence-electron chi connectivity index (χ2n) is 5.96. The van der Waals surface area contributed by atoms with Gasteiger partial charge in [0.25, 0.3) is 0 Å². The summed E-state index contributed by atoms with van der Waals surface area (Å²) in [6.45, 7) is 3.10. The molecule has 1 aliphatic carbocycles. The lowest BCUT2D eigenvalue weighted by Gasteiger charge is -2.26. The number of benzene rings is 1. The van der Waals surface area contributed by atoms with Crippen LogP contribution in [0.1, 0.15) is 44.2 Å². The number of hydrogen-bond acceptors (Lipinski definition) is 4. The van der Waals surface area contributed by atoms with Crippen LogP contribution in [0.4, 0.5) is 0 Å². The molecule has 1 heterocycles. The molecule has 1 atom stereocenters. The minimum Gasteiger partial charge on any atom is -0.486 e. The lowest BCUT2D eigenvalue weighted by molar-refractivity contribution is -0.126. The maximum Gasteiger partial charge on any atom is 0.240 e. The summed E-state index contributed by atoms with van der Waals surface area (Å²) >= 11 is 0. The van der Waals surface area contributed by atoms with Gasteiger partial charge in [-0.05, 0) is 37.5 Å². The van der Waals surface area contributed by atoms with Crippen LogP contribution in [-0.2, 0) is 4.79 Å². The maximum atomic E-state index is 12.3. The summed E-state index contributed by atoms with van der Waals surface area (Å²) < 4.78 is 11.1. The van der Waals surface area contributed by atoms with Crippen molar-refractivity contribution in [1.29, 1.82) is 0 Å². The Morgan fingerprint density at radius 1 is 1.23 bits per heavy atom. The number of carbonyl (C=O) groups is 1. The molecule has 122 valence electrons. The topological polar surface area (TPSA) is 73.6 Å². The van der Waals surface area contributed by atoms with Crippen LogP contribution in [0.2, 0.25) is 0 Å². The minimum atomic E-state index is -0.692. The van der Waals surface area contributed by atoms with Crippen molar-refractivity contribution in [2.75, 3.05) is 13.2 Å². The van der Waals surface area contributed by atoms with Crippen LogP contribution in [0.3, 0.4) is 0 Å². The van der Waals surface area contributed by atoms with Crippen molar-refractivity contribution in [3.05, 3.63) is 23.8 Å². The van der Waals surface area contributed by atoms with Gasteiger partial charge >= 0.3 is 0 Å². The summed E-state index contributed by atoms with van der Waals surface area (Å²) in [5, 5.41) is 3.03. The van der Waals surface area contributed by atoms with Gasteiger partial charge in [-0.1, -0.05) is 18.9 Å². The Balaban J connectivity index is 0.00000176. The lowest BCUT2D eigenvalue weighted by Crippen LogP contribution is -2.52. The van der Waals surface area contributed by atoms with Gasteiger partial charge in [0.05, 0.1) is 11.6 Å². The molecular formula is C16H23ClN2O3. The number of halogens is 1. The van der Waals surface area contributed by atoms with Crippen molar-refractivity contribution in [1.82, 2.24) is 5.32 Å². The SMILES string of the molecule is CC(NC(=O)C1(N)CCCC1)c1ccc2c(c1)OCCO2.Cl. The van der Waals surface area contributed by atoms with E-state index in [9.17, 15) is 4.79 Å². The van der Waals surface area contributed by atoms with Crippen molar-refractivity contribution in [3.8, 4) is 11.5 Å². The molecule has 0 saturated heterocycles. The van der Waals surface area contributed by atoms with Crippen LogP contribution < -0.4 is 20.5 Å². The van der Waals surface area contributed by atoms with Crippen LogP contribution >= 0.6 is 12.4 Å². The monoisotopic (exact) mass is 326 g/mol. The number of carbonyl (C=O) groups excluding carboxylic acids is 1. The zero-order chi connectivity index (χ0) is 14.9. The van der Waals surface area contributed by atoms with Crippen LogP contribution in [0.25, 0.3) is 0 Å². The zero-order valence-corrected chi connectivity index (χ0v) is 13.6. The summed E-state index contributed by atoms with van der Waals surface area (Å²) in [6, 6.07) is 5.67. The standard InChI is InChI=1S/C16H22N2O3.ClH/c1-11(18-15(19)16(17)6-2-3-7-16)12-4-5-13-14(10-12)21-9-8-20-13;/h4-5,10-11H,2-3,6-9,17H2,1H3,(H,18,19);1H. The van der Waals surface area contributed by atoms with E-state index in [2.05, 4.69) is 5.32 Å². The molecule has 22 heavy (non-hydrogen) atoms. The minimum absolute atomic E-state index is 0. The highest BCUT2D eigenvalue weighted by atomic mass is 35.5. The van der Waals surface area contributed by atoms with Gasteiger partial charge in [-0.25, -0.2) is 0 Å². The normalized spacial score (nSPS) is 19.9. The highest BCUT2D eigenvalue weighted by Gasteiger charge is 2.37. The van der Waals surface area contributed by atoms with E-state index in [0.717, 1.165) is 42.7 Å². The number of rotatable bonds is 3. The van der Waals surface area contributed by atoms with Crippen molar-refractivity contribution in [2.45, 2.75) is 44.2 Å². The predicted molar refractivity (Wildman–Crippen MR) is 86.6 cm³/mol. The Bertz CT molecular complexity index is 544. The second kappa shape index (κ2) is 6.75. The van der Waals surface area contributed by atoms with Gasteiger partial charge in [0.1, 0.15) is 13.2 Å². The van der Waals surface area contributed by atoms with E-state index in [-0.39, 0.29) is 24.4 Å². The fraction of sp³-hybridized carbons (Fsp3) is 0.562. The average Bonchev–Trinajstić information content (AvgIpc) is 2.95. The first kappa shape index (κ1) is 16.9. The molecule has 0 bridgehead atoms. The third kappa shape index (κ3) is 3.31. The predicted octanol–water partition coefficient (Wildman–Crippen LogP) is 2.33. The lowest BCUT2D eigenvalue weighted by atomic mass is 9.97. The van der Waals surface area contributed by atoms with E-state index in [1.54, 1.807) is 0 Å². The zero-order valence-electron chi connectivity index (χ0n) is 12.8. The molecule has 0 radical (unpaired) electrons. The van der Waals surface area contributed by atoms with Crippen LogP contribution in [0, 0.1) is 0 Å². The highest BCUT2D eigenvalue weighted by Crippen LogP contribution is 2.33. The van der Waals surface area contributed by atoms with Gasteiger partial charge in [0.15, 0.2) is 11.5 Å². The molecule has 1 fully saturated rings. The quantitative estimate of drug-likeness (QED) is 0.894. The molecule has 3 N–H and O–H groups in total. The van der Waals surface area contributed by atoms with Gasteiger partial charge in [-0.15, -0.1) is 12.4 Å². The van der Waals surface area contributed by atoms with Crippen molar-refractivity contribution in [3.63, 3.8) is 0 Å².